The number of likely N-dealkylation sites (tertiary alicyclic amines) is 1. The van der Waals surface area contributed by atoms with E-state index < -0.39 is 0 Å². The van der Waals surface area contributed by atoms with Gasteiger partial charge in [0.2, 0.25) is 16.7 Å². The Bertz CT molecular complexity index is 1110. The Morgan fingerprint density at radius 1 is 1.17 bits per heavy atom. The van der Waals surface area contributed by atoms with Crippen LogP contribution in [0, 0.1) is 6.92 Å². The molecule has 1 aliphatic rings. The highest BCUT2D eigenvalue weighted by Gasteiger charge is 2.32. The van der Waals surface area contributed by atoms with E-state index in [1.807, 2.05) is 0 Å². The molecule has 150 valence electrons. The van der Waals surface area contributed by atoms with Crippen molar-refractivity contribution in [3.05, 3.63) is 58.7 Å². The lowest BCUT2D eigenvalue weighted by Crippen LogP contribution is -2.38. The van der Waals surface area contributed by atoms with Gasteiger partial charge in [0.05, 0.1) is 23.3 Å². The van der Waals surface area contributed by atoms with E-state index in [-0.39, 0.29) is 18.0 Å². The van der Waals surface area contributed by atoms with Crippen molar-refractivity contribution in [1.82, 2.24) is 19.5 Å². The minimum atomic E-state index is -0.253. The van der Waals surface area contributed by atoms with Crippen LogP contribution in [0.25, 0.3) is 16.5 Å². The van der Waals surface area contributed by atoms with Gasteiger partial charge in [-0.15, -0.1) is 5.10 Å². The summed E-state index contributed by atoms with van der Waals surface area (Å²) in [5, 5.41) is 25.4. The van der Waals surface area contributed by atoms with E-state index in [1.165, 1.54) is 21.4 Å². The van der Waals surface area contributed by atoms with E-state index in [2.05, 4.69) is 46.2 Å². The highest BCUT2D eigenvalue weighted by atomic mass is 32.1. The van der Waals surface area contributed by atoms with Crippen LogP contribution in [0.3, 0.4) is 0 Å². The van der Waals surface area contributed by atoms with Crippen molar-refractivity contribution in [2.24, 2.45) is 0 Å². The van der Waals surface area contributed by atoms with Crippen LogP contribution in [0.1, 0.15) is 34.9 Å². The van der Waals surface area contributed by atoms with Gasteiger partial charge in [-0.05, 0) is 37.5 Å². The summed E-state index contributed by atoms with van der Waals surface area (Å²) in [7, 11) is 0. The van der Waals surface area contributed by atoms with Crippen molar-refractivity contribution in [2.45, 2.75) is 31.9 Å². The maximum atomic E-state index is 11.0. The first kappa shape index (κ1) is 18.4. The monoisotopic (exact) mass is 410 g/mol. The molecular formula is C21H22N4O3S. The SMILES string of the molecule is Cc1ccc([C@H](c2sc3nc(-c4ccco4)nn3c2O)N2CCC(O)CC2)cc1. The molecule has 1 atom stereocenters. The van der Waals surface area contributed by atoms with Gasteiger partial charge in [0, 0.05) is 13.1 Å². The second-order valence-corrected chi connectivity index (χ2v) is 8.49. The summed E-state index contributed by atoms with van der Waals surface area (Å²) >= 11 is 1.44. The van der Waals surface area contributed by atoms with Gasteiger partial charge in [-0.25, -0.2) is 0 Å². The molecular weight excluding hydrogens is 388 g/mol. The fourth-order valence-electron chi connectivity index (χ4n) is 3.86. The molecule has 4 aromatic rings. The largest absolute Gasteiger partial charge is 0.492 e. The number of benzene rings is 1. The predicted octanol–water partition coefficient (Wildman–Crippen LogP) is 3.61. The Morgan fingerprint density at radius 2 is 1.93 bits per heavy atom. The zero-order valence-electron chi connectivity index (χ0n) is 16.0. The minimum absolute atomic E-state index is 0.104. The van der Waals surface area contributed by atoms with Gasteiger partial charge >= 0.3 is 0 Å². The number of thiazole rings is 1. The van der Waals surface area contributed by atoms with Gasteiger partial charge in [-0.2, -0.15) is 9.50 Å². The second kappa shape index (κ2) is 7.29. The highest BCUT2D eigenvalue weighted by Crippen LogP contribution is 2.41. The maximum Gasteiger partial charge on any atom is 0.230 e. The second-order valence-electron chi connectivity index (χ2n) is 7.48. The summed E-state index contributed by atoms with van der Waals surface area (Å²) in [5.74, 6) is 1.13. The molecule has 1 aromatic carbocycles. The van der Waals surface area contributed by atoms with Crippen molar-refractivity contribution < 1.29 is 14.6 Å². The number of aliphatic hydroxyl groups excluding tert-OH is 1. The van der Waals surface area contributed by atoms with E-state index in [4.69, 9.17) is 4.42 Å². The third kappa shape index (κ3) is 3.33. The first-order valence-corrected chi connectivity index (χ1v) is 10.5. The zero-order chi connectivity index (χ0) is 20.0. The Balaban J connectivity index is 1.57. The number of furan rings is 1. The summed E-state index contributed by atoms with van der Waals surface area (Å²) in [6, 6.07) is 11.9. The molecule has 1 saturated heterocycles. The first-order valence-electron chi connectivity index (χ1n) is 9.71. The Morgan fingerprint density at radius 3 is 2.59 bits per heavy atom. The number of aromatic hydroxyl groups is 1. The van der Waals surface area contributed by atoms with Crippen LogP contribution in [-0.2, 0) is 0 Å². The molecule has 0 saturated carbocycles. The van der Waals surface area contributed by atoms with Crippen molar-refractivity contribution >= 4 is 16.3 Å². The minimum Gasteiger partial charge on any atom is -0.492 e. The number of aromatic nitrogens is 3. The van der Waals surface area contributed by atoms with Crippen LogP contribution in [0.15, 0.2) is 47.1 Å². The standard InChI is InChI=1S/C21H22N4O3S/c1-13-4-6-14(7-5-13)17(24-10-8-15(26)9-11-24)18-20(27)25-21(29-18)22-19(23-25)16-3-2-12-28-16/h2-7,12,15,17,26-27H,8-11H2,1H3/t17-/m1/s1. The summed E-state index contributed by atoms with van der Waals surface area (Å²) in [6.45, 7) is 3.60. The van der Waals surface area contributed by atoms with Crippen LogP contribution < -0.4 is 0 Å². The van der Waals surface area contributed by atoms with Crippen LogP contribution in [-0.4, -0.2) is 48.9 Å². The molecule has 1 fully saturated rings. The fraction of sp³-hybridized carbons (Fsp3) is 0.333. The molecule has 5 rings (SSSR count). The Labute approximate surface area is 171 Å². The normalized spacial score (nSPS) is 17.2. The van der Waals surface area contributed by atoms with Gasteiger partial charge < -0.3 is 14.6 Å². The van der Waals surface area contributed by atoms with Crippen LogP contribution in [0.2, 0.25) is 0 Å². The molecule has 0 amide bonds. The number of hydrogen-bond acceptors (Lipinski definition) is 7. The molecule has 0 unspecified atom stereocenters. The van der Waals surface area contributed by atoms with Gasteiger partial charge in [0.1, 0.15) is 0 Å². The third-order valence-electron chi connectivity index (χ3n) is 5.45. The molecule has 29 heavy (non-hydrogen) atoms. The number of piperidine rings is 1. The third-order valence-corrected chi connectivity index (χ3v) is 6.52. The molecule has 7 nitrogen and oxygen atoms in total. The number of aryl methyl sites for hydroxylation is 1. The average Bonchev–Trinajstić information content (AvgIpc) is 3.44. The maximum absolute atomic E-state index is 11.0. The van der Waals surface area contributed by atoms with Crippen LogP contribution in [0.5, 0.6) is 5.88 Å². The predicted molar refractivity (Wildman–Crippen MR) is 110 cm³/mol. The van der Waals surface area contributed by atoms with E-state index in [0.29, 0.717) is 16.5 Å². The van der Waals surface area contributed by atoms with Gasteiger partial charge in [-0.3, -0.25) is 4.90 Å². The Kier molecular flexibility index (Phi) is 4.61. The van der Waals surface area contributed by atoms with Crippen LogP contribution in [0.4, 0.5) is 0 Å². The molecule has 0 bridgehead atoms. The first-order chi connectivity index (χ1) is 14.1. The van der Waals surface area contributed by atoms with Crippen LogP contribution >= 0.6 is 11.3 Å². The zero-order valence-corrected chi connectivity index (χ0v) is 16.8. The molecule has 0 radical (unpaired) electrons. The molecule has 0 spiro atoms. The van der Waals surface area contributed by atoms with E-state index in [0.717, 1.165) is 36.4 Å². The smallest absolute Gasteiger partial charge is 0.230 e. The molecule has 4 heterocycles. The van der Waals surface area contributed by atoms with E-state index in [9.17, 15) is 10.2 Å². The fourth-order valence-corrected chi connectivity index (χ4v) is 4.98. The highest BCUT2D eigenvalue weighted by molar-refractivity contribution is 7.17. The van der Waals surface area contributed by atoms with Crippen molar-refractivity contribution in [3.8, 4) is 17.5 Å². The summed E-state index contributed by atoms with van der Waals surface area (Å²) in [5.41, 5.74) is 2.30. The molecule has 1 aliphatic heterocycles. The van der Waals surface area contributed by atoms with Crippen molar-refractivity contribution in [3.63, 3.8) is 0 Å². The Hall–Kier alpha value is -2.68. The molecule has 2 N–H and O–H groups in total. The van der Waals surface area contributed by atoms with Gasteiger partial charge in [-0.1, -0.05) is 41.2 Å². The lowest BCUT2D eigenvalue weighted by Gasteiger charge is -2.36. The average molecular weight is 410 g/mol. The summed E-state index contributed by atoms with van der Waals surface area (Å²) in [6.07, 6.45) is 2.78. The number of nitrogens with zero attached hydrogens (tertiary/aromatic N) is 4. The summed E-state index contributed by atoms with van der Waals surface area (Å²) < 4.78 is 6.86. The lowest BCUT2D eigenvalue weighted by molar-refractivity contribution is 0.0689. The lowest BCUT2D eigenvalue weighted by atomic mass is 9.98. The van der Waals surface area contributed by atoms with Crippen molar-refractivity contribution in [1.29, 1.82) is 0 Å². The van der Waals surface area contributed by atoms with Gasteiger partial charge in [0.15, 0.2) is 5.76 Å². The number of rotatable bonds is 4. The molecule has 8 heteroatoms. The number of aliphatic hydroxyl groups is 1. The molecule has 3 aromatic heterocycles. The summed E-state index contributed by atoms with van der Waals surface area (Å²) in [4.78, 5) is 8.29. The van der Waals surface area contributed by atoms with E-state index >= 15 is 0 Å². The molecule has 0 aliphatic carbocycles. The number of fused-ring (bicyclic) bond motifs is 1. The van der Waals surface area contributed by atoms with Crippen molar-refractivity contribution in [2.75, 3.05) is 13.1 Å². The van der Waals surface area contributed by atoms with E-state index in [1.54, 1.807) is 18.4 Å². The van der Waals surface area contributed by atoms with Gasteiger partial charge in [0.25, 0.3) is 0 Å². The topological polar surface area (TPSA) is 87.0 Å². The quantitative estimate of drug-likeness (QED) is 0.534. The number of hydrogen-bond donors (Lipinski definition) is 2.